The molecule has 0 spiro atoms. The number of aromatic nitrogens is 3. The number of thiophene rings is 1. The van der Waals surface area contributed by atoms with Gasteiger partial charge in [0.1, 0.15) is 16.5 Å². The Bertz CT molecular complexity index is 1270. The Balaban J connectivity index is 1.61. The highest BCUT2D eigenvalue weighted by atomic mass is 32.2. The molecule has 0 radical (unpaired) electrons. The summed E-state index contributed by atoms with van der Waals surface area (Å²) in [6, 6.07) is 12.8. The average Bonchev–Trinajstić information content (AvgIpc) is 3.56. The van der Waals surface area contributed by atoms with Crippen molar-refractivity contribution in [2.24, 2.45) is 5.73 Å². The van der Waals surface area contributed by atoms with Gasteiger partial charge >= 0.3 is 0 Å². The number of benzene rings is 1. The van der Waals surface area contributed by atoms with Gasteiger partial charge in [0, 0.05) is 0 Å². The molecule has 0 aliphatic carbocycles. The summed E-state index contributed by atoms with van der Waals surface area (Å²) in [5.41, 5.74) is 6.42. The van der Waals surface area contributed by atoms with Gasteiger partial charge < -0.3 is 20.2 Å². The van der Waals surface area contributed by atoms with Gasteiger partial charge in [-0.3, -0.25) is 14.2 Å². The minimum Gasteiger partial charge on any atom is -0.496 e. The molecule has 0 aliphatic rings. The molecule has 0 saturated carbocycles. The second-order valence-electron chi connectivity index (χ2n) is 6.95. The van der Waals surface area contributed by atoms with Crippen LogP contribution >= 0.6 is 23.1 Å². The first-order valence-corrected chi connectivity index (χ1v) is 11.7. The van der Waals surface area contributed by atoms with Crippen LogP contribution in [0.1, 0.15) is 23.0 Å². The van der Waals surface area contributed by atoms with Crippen LogP contribution in [0.25, 0.3) is 11.4 Å². The van der Waals surface area contributed by atoms with Crippen molar-refractivity contribution in [3.8, 4) is 17.1 Å². The lowest BCUT2D eigenvalue weighted by Gasteiger charge is -2.14. The third kappa shape index (κ3) is 4.94. The average molecular weight is 484 g/mol. The second kappa shape index (κ2) is 9.92. The van der Waals surface area contributed by atoms with Crippen LogP contribution in [-0.4, -0.2) is 38.9 Å². The Morgan fingerprint density at radius 1 is 1.24 bits per heavy atom. The summed E-state index contributed by atoms with van der Waals surface area (Å²) in [7, 11) is 1.60. The largest absolute Gasteiger partial charge is 0.496 e. The lowest BCUT2D eigenvalue weighted by molar-refractivity contribution is -0.115. The number of anilines is 1. The SMILES string of the molecule is COc1ccccc1-c1nnc(S[C@H](C)C(=O)Nc2sccc2C(N)=O)n1Cc1ccco1. The molecule has 4 rings (SSSR count). The van der Waals surface area contributed by atoms with Crippen LogP contribution in [0.2, 0.25) is 0 Å². The highest BCUT2D eigenvalue weighted by Crippen LogP contribution is 2.33. The van der Waals surface area contributed by atoms with E-state index < -0.39 is 11.2 Å². The van der Waals surface area contributed by atoms with Gasteiger partial charge in [-0.1, -0.05) is 23.9 Å². The molecule has 0 saturated heterocycles. The van der Waals surface area contributed by atoms with E-state index in [1.165, 1.54) is 23.1 Å². The van der Waals surface area contributed by atoms with Crippen LogP contribution < -0.4 is 15.8 Å². The van der Waals surface area contributed by atoms with Crippen molar-refractivity contribution < 1.29 is 18.7 Å². The molecule has 0 fully saturated rings. The van der Waals surface area contributed by atoms with Gasteiger partial charge in [-0.2, -0.15) is 0 Å². The van der Waals surface area contributed by atoms with Gasteiger partial charge in [0.25, 0.3) is 5.91 Å². The number of thioether (sulfide) groups is 1. The first-order valence-electron chi connectivity index (χ1n) is 9.91. The van der Waals surface area contributed by atoms with E-state index in [1.807, 2.05) is 41.0 Å². The summed E-state index contributed by atoms with van der Waals surface area (Å²) in [4.78, 5) is 24.4. The fourth-order valence-corrected chi connectivity index (χ4v) is 4.77. The number of nitrogens with one attached hydrogen (secondary N) is 1. The van der Waals surface area contributed by atoms with Gasteiger partial charge in [0.2, 0.25) is 5.91 Å². The Kier molecular flexibility index (Phi) is 6.80. The number of hydrogen-bond donors (Lipinski definition) is 2. The van der Waals surface area contributed by atoms with E-state index in [0.717, 1.165) is 11.3 Å². The van der Waals surface area contributed by atoms with Crippen molar-refractivity contribution in [2.75, 3.05) is 12.4 Å². The number of carbonyl (C=O) groups is 2. The number of nitrogens with zero attached hydrogens (tertiary/aromatic N) is 3. The number of furan rings is 1. The van der Waals surface area contributed by atoms with E-state index >= 15 is 0 Å². The topological polar surface area (TPSA) is 125 Å². The summed E-state index contributed by atoms with van der Waals surface area (Å²) in [5, 5.41) is 13.6. The highest BCUT2D eigenvalue weighted by molar-refractivity contribution is 8.00. The molecule has 3 aromatic heterocycles. The van der Waals surface area contributed by atoms with Gasteiger partial charge in [0.05, 0.1) is 36.3 Å². The van der Waals surface area contributed by atoms with E-state index in [0.29, 0.717) is 28.3 Å². The van der Waals surface area contributed by atoms with Gasteiger partial charge in [-0.15, -0.1) is 21.5 Å². The van der Waals surface area contributed by atoms with Crippen LogP contribution in [0.3, 0.4) is 0 Å². The first kappa shape index (κ1) is 22.6. The molecule has 3 heterocycles. The van der Waals surface area contributed by atoms with Gasteiger partial charge in [0.15, 0.2) is 11.0 Å². The van der Waals surface area contributed by atoms with E-state index in [9.17, 15) is 9.59 Å². The van der Waals surface area contributed by atoms with Crippen molar-refractivity contribution in [1.82, 2.24) is 14.8 Å². The summed E-state index contributed by atoms with van der Waals surface area (Å²) in [6.07, 6.45) is 1.60. The van der Waals surface area contributed by atoms with E-state index in [2.05, 4.69) is 15.5 Å². The number of ether oxygens (including phenoxy) is 1. The van der Waals surface area contributed by atoms with Crippen molar-refractivity contribution >= 4 is 39.9 Å². The summed E-state index contributed by atoms with van der Waals surface area (Å²) < 4.78 is 12.9. The molecule has 170 valence electrons. The van der Waals surface area contributed by atoms with E-state index in [4.69, 9.17) is 14.9 Å². The molecule has 4 aromatic rings. The zero-order chi connectivity index (χ0) is 23.4. The summed E-state index contributed by atoms with van der Waals surface area (Å²) in [5.74, 6) is 1.09. The molecular formula is C22H21N5O4S2. The summed E-state index contributed by atoms with van der Waals surface area (Å²) in [6.45, 7) is 2.13. The first-order chi connectivity index (χ1) is 16.0. The molecule has 0 aliphatic heterocycles. The number of rotatable bonds is 9. The van der Waals surface area contributed by atoms with Crippen LogP contribution in [-0.2, 0) is 11.3 Å². The minimum absolute atomic E-state index is 0.281. The maximum absolute atomic E-state index is 12.8. The maximum Gasteiger partial charge on any atom is 0.251 e. The van der Waals surface area contributed by atoms with Crippen molar-refractivity contribution in [2.45, 2.75) is 23.9 Å². The van der Waals surface area contributed by atoms with Crippen LogP contribution in [0.4, 0.5) is 5.00 Å². The van der Waals surface area contributed by atoms with E-state index in [-0.39, 0.29) is 11.5 Å². The predicted molar refractivity (Wildman–Crippen MR) is 127 cm³/mol. The number of nitrogens with two attached hydrogens (primary N) is 1. The number of amides is 2. The van der Waals surface area contributed by atoms with Crippen molar-refractivity contribution in [3.05, 3.63) is 65.4 Å². The number of carbonyl (C=O) groups excluding carboxylic acids is 2. The molecule has 0 unspecified atom stereocenters. The zero-order valence-electron chi connectivity index (χ0n) is 17.8. The van der Waals surface area contributed by atoms with Crippen LogP contribution in [0, 0.1) is 0 Å². The van der Waals surface area contributed by atoms with E-state index in [1.54, 1.807) is 31.7 Å². The lowest BCUT2D eigenvalue weighted by Crippen LogP contribution is -2.24. The Morgan fingerprint density at radius 2 is 2.06 bits per heavy atom. The Morgan fingerprint density at radius 3 is 2.79 bits per heavy atom. The fraction of sp³-hybridized carbons (Fsp3) is 0.182. The summed E-state index contributed by atoms with van der Waals surface area (Å²) >= 11 is 2.49. The molecule has 9 nitrogen and oxygen atoms in total. The monoisotopic (exact) mass is 483 g/mol. The smallest absolute Gasteiger partial charge is 0.251 e. The predicted octanol–water partition coefficient (Wildman–Crippen LogP) is 3.87. The van der Waals surface area contributed by atoms with Crippen molar-refractivity contribution in [1.29, 1.82) is 0 Å². The standard InChI is InChI=1S/C22H21N5O4S2/c1-13(20(29)24-21-16(18(23)28)9-11-32-21)33-22-26-25-19(15-7-3-4-8-17(15)30-2)27(22)12-14-6-5-10-31-14/h3-11,13H,12H2,1-2H3,(H2,23,28)(H,24,29)/t13-/m1/s1. The second-order valence-corrected chi connectivity index (χ2v) is 9.17. The quantitative estimate of drug-likeness (QED) is 0.346. The Labute approximate surface area is 198 Å². The molecule has 33 heavy (non-hydrogen) atoms. The highest BCUT2D eigenvalue weighted by Gasteiger charge is 2.24. The normalized spacial score (nSPS) is 11.8. The van der Waals surface area contributed by atoms with Crippen LogP contribution in [0.15, 0.2) is 63.7 Å². The third-order valence-corrected chi connectivity index (χ3v) is 6.69. The number of methoxy groups -OCH3 is 1. The fourth-order valence-electron chi connectivity index (χ4n) is 3.13. The molecular weight excluding hydrogens is 462 g/mol. The number of primary amides is 1. The third-order valence-electron chi connectivity index (χ3n) is 4.78. The molecule has 3 N–H and O–H groups in total. The maximum atomic E-state index is 12.8. The van der Waals surface area contributed by atoms with Gasteiger partial charge in [-0.25, -0.2) is 0 Å². The zero-order valence-corrected chi connectivity index (χ0v) is 19.5. The number of hydrogen-bond acceptors (Lipinski definition) is 8. The molecule has 1 atom stereocenters. The molecule has 1 aromatic carbocycles. The van der Waals surface area contributed by atoms with Crippen LogP contribution in [0.5, 0.6) is 5.75 Å². The Hall–Kier alpha value is -3.57. The molecule has 11 heteroatoms. The molecule has 2 amide bonds. The minimum atomic E-state index is -0.591. The van der Waals surface area contributed by atoms with Gasteiger partial charge in [-0.05, 0) is 42.6 Å². The number of para-hydroxylation sites is 1. The van der Waals surface area contributed by atoms with Crippen molar-refractivity contribution in [3.63, 3.8) is 0 Å². The lowest BCUT2D eigenvalue weighted by atomic mass is 10.2. The molecule has 0 bridgehead atoms.